The van der Waals surface area contributed by atoms with Crippen LogP contribution in [0.1, 0.15) is 40.5 Å². The molecule has 0 heterocycles. The third kappa shape index (κ3) is 5.79. The van der Waals surface area contributed by atoms with Crippen LogP contribution in [0.2, 0.25) is 0 Å². The first kappa shape index (κ1) is 16.8. The highest BCUT2D eigenvalue weighted by Gasteiger charge is 2.42. The molecular weight excluding hydrogens is 224 g/mol. The van der Waals surface area contributed by atoms with Crippen LogP contribution < -0.4 is 0 Å². The maximum Gasteiger partial charge on any atom is 0.337 e. The van der Waals surface area contributed by atoms with E-state index in [2.05, 4.69) is 6.92 Å². The molecule has 0 fully saturated rings. The van der Waals surface area contributed by atoms with Gasteiger partial charge in [0.25, 0.3) is 0 Å². The van der Waals surface area contributed by atoms with Crippen molar-refractivity contribution in [2.45, 2.75) is 52.8 Å². The van der Waals surface area contributed by atoms with Gasteiger partial charge in [-0.3, -0.25) is 0 Å². The summed E-state index contributed by atoms with van der Waals surface area (Å²) in [5.74, 6) is -1.51. The van der Waals surface area contributed by atoms with E-state index in [1.165, 1.54) is 0 Å². The van der Waals surface area contributed by atoms with Crippen molar-refractivity contribution in [2.24, 2.45) is 0 Å². The number of hydrogen-bond donors (Lipinski definition) is 1. The second-order valence-electron chi connectivity index (χ2n) is 3.48. The number of ether oxygens (including phenoxy) is 4. The van der Waals surface area contributed by atoms with E-state index in [0.717, 1.165) is 12.8 Å². The molecule has 0 spiro atoms. The fraction of sp³-hybridized carbons (Fsp3) is 1.00. The van der Waals surface area contributed by atoms with Gasteiger partial charge in [-0.1, -0.05) is 13.3 Å². The van der Waals surface area contributed by atoms with Gasteiger partial charge in [-0.15, -0.1) is 0 Å². The lowest BCUT2D eigenvalue weighted by atomic mass is 10.3. The largest absolute Gasteiger partial charge is 0.362 e. The maximum absolute atomic E-state index is 9.98. The molecule has 1 unspecified atom stereocenters. The van der Waals surface area contributed by atoms with E-state index in [1.54, 1.807) is 0 Å². The molecule has 0 radical (unpaired) electrons. The first-order valence-electron chi connectivity index (χ1n) is 6.38. The SMILES string of the molecule is CCCCOC(O)C(OCC)(OCC)OCC. The molecule has 17 heavy (non-hydrogen) atoms. The van der Waals surface area contributed by atoms with E-state index in [1.807, 2.05) is 20.8 Å². The van der Waals surface area contributed by atoms with Crippen molar-refractivity contribution < 1.29 is 24.1 Å². The monoisotopic (exact) mass is 250 g/mol. The van der Waals surface area contributed by atoms with Crippen molar-refractivity contribution in [3.8, 4) is 0 Å². The molecule has 0 saturated carbocycles. The second-order valence-corrected chi connectivity index (χ2v) is 3.48. The topological polar surface area (TPSA) is 57.2 Å². The minimum atomic E-state index is -1.51. The zero-order chi connectivity index (χ0) is 13.1. The fourth-order valence-corrected chi connectivity index (χ4v) is 1.38. The molecule has 0 aliphatic heterocycles. The molecule has 0 aromatic heterocycles. The van der Waals surface area contributed by atoms with E-state index in [4.69, 9.17) is 18.9 Å². The summed E-state index contributed by atoms with van der Waals surface area (Å²) < 4.78 is 21.4. The highest BCUT2D eigenvalue weighted by molar-refractivity contribution is 4.62. The van der Waals surface area contributed by atoms with Crippen molar-refractivity contribution in [3.05, 3.63) is 0 Å². The maximum atomic E-state index is 9.98. The van der Waals surface area contributed by atoms with Gasteiger partial charge >= 0.3 is 5.97 Å². The highest BCUT2D eigenvalue weighted by atomic mass is 16.9. The van der Waals surface area contributed by atoms with Crippen LogP contribution in [0.3, 0.4) is 0 Å². The Bertz CT molecular complexity index is 157. The molecular formula is C12H26O5. The van der Waals surface area contributed by atoms with E-state index in [0.29, 0.717) is 26.4 Å². The van der Waals surface area contributed by atoms with Crippen LogP contribution in [0, 0.1) is 0 Å². The molecule has 0 aliphatic carbocycles. The number of aliphatic hydroxyl groups is 1. The third-order valence-corrected chi connectivity index (χ3v) is 2.11. The fourth-order valence-electron chi connectivity index (χ4n) is 1.38. The molecule has 104 valence electrons. The molecule has 0 rings (SSSR count). The number of rotatable bonds is 11. The molecule has 0 aromatic carbocycles. The zero-order valence-corrected chi connectivity index (χ0v) is 11.4. The Balaban J connectivity index is 4.48. The normalized spacial score (nSPS) is 13.9. The Morgan fingerprint density at radius 3 is 1.76 bits per heavy atom. The van der Waals surface area contributed by atoms with Crippen LogP contribution in [0.4, 0.5) is 0 Å². The van der Waals surface area contributed by atoms with E-state index in [9.17, 15) is 5.11 Å². The number of unbranched alkanes of at least 4 members (excludes halogenated alkanes) is 1. The Labute approximate surface area is 104 Å². The number of hydrogen-bond acceptors (Lipinski definition) is 5. The van der Waals surface area contributed by atoms with Crippen molar-refractivity contribution in [2.75, 3.05) is 26.4 Å². The molecule has 1 N–H and O–H groups in total. The molecule has 0 saturated heterocycles. The quantitative estimate of drug-likeness (QED) is 0.448. The van der Waals surface area contributed by atoms with Crippen LogP contribution in [-0.2, 0) is 18.9 Å². The van der Waals surface area contributed by atoms with Gasteiger partial charge in [0.2, 0.25) is 6.29 Å². The summed E-state index contributed by atoms with van der Waals surface area (Å²) in [5.41, 5.74) is 0. The van der Waals surface area contributed by atoms with E-state index in [-0.39, 0.29) is 0 Å². The molecule has 0 bridgehead atoms. The van der Waals surface area contributed by atoms with Crippen LogP contribution >= 0.6 is 0 Å². The van der Waals surface area contributed by atoms with Crippen molar-refractivity contribution in [3.63, 3.8) is 0 Å². The van der Waals surface area contributed by atoms with Gasteiger partial charge in [0.05, 0.1) is 6.61 Å². The summed E-state index contributed by atoms with van der Waals surface area (Å²) in [7, 11) is 0. The van der Waals surface area contributed by atoms with Gasteiger partial charge in [-0.25, -0.2) is 0 Å². The third-order valence-electron chi connectivity index (χ3n) is 2.11. The molecule has 5 nitrogen and oxygen atoms in total. The summed E-state index contributed by atoms with van der Waals surface area (Å²) in [4.78, 5) is 0. The van der Waals surface area contributed by atoms with Crippen LogP contribution in [0.15, 0.2) is 0 Å². The Morgan fingerprint density at radius 1 is 0.941 bits per heavy atom. The van der Waals surface area contributed by atoms with Gasteiger partial charge in [-0.05, 0) is 27.2 Å². The molecule has 0 amide bonds. The number of aliphatic hydroxyl groups excluding tert-OH is 1. The van der Waals surface area contributed by atoms with Gasteiger partial charge in [0, 0.05) is 19.8 Å². The van der Waals surface area contributed by atoms with Crippen LogP contribution in [0.25, 0.3) is 0 Å². The first-order chi connectivity index (χ1) is 8.16. The van der Waals surface area contributed by atoms with E-state index >= 15 is 0 Å². The lowest BCUT2D eigenvalue weighted by Gasteiger charge is -2.35. The molecule has 0 aliphatic rings. The highest BCUT2D eigenvalue weighted by Crippen LogP contribution is 2.22. The van der Waals surface area contributed by atoms with Crippen LogP contribution in [0.5, 0.6) is 0 Å². The minimum Gasteiger partial charge on any atom is -0.362 e. The predicted octanol–water partition coefficient (Wildman–Crippen LogP) is 1.88. The van der Waals surface area contributed by atoms with E-state index < -0.39 is 12.3 Å². The Kier molecular flexibility index (Phi) is 9.68. The smallest absolute Gasteiger partial charge is 0.337 e. The summed E-state index contributed by atoms with van der Waals surface area (Å²) in [6.45, 7) is 9.04. The van der Waals surface area contributed by atoms with Gasteiger partial charge in [0.15, 0.2) is 0 Å². The predicted molar refractivity (Wildman–Crippen MR) is 64.5 cm³/mol. The van der Waals surface area contributed by atoms with Crippen molar-refractivity contribution >= 4 is 0 Å². The first-order valence-corrected chi connectivity index (χ1v) is 6.38. The Morgan fingerprint density at radius 2 is 1.41 bits per heavy atom. The van der Waals surface area contributed by atoms with Crippen molar-refractivity contribution in [1.82, 2.24) is 0 Å². The standard InChI is InChI=1S/C12H26O5/c1-5-9-10-14-11(13)12(15-6-2,16-7-3)17-8-4/h11,13H,5-10H2,1-4H3. The average molecular weight is 250 g/mol. The van der Waals surface area contributed by atoms with Gasteiger partial charge in [-0.2, -0.15) is 0 Å². The summed E-state index contributed by atoms with van der Waals surface area (Å²) in [6, 6.07) is 0. The minimum absolute atomic E-state index is 0.369. The lowest BCUT2D eigenvalue weighted by Crippen LogP contribution is -2.51. The molecule has 5 heteroatoms. The molecule has 0 aromatic rings. The lowest BCUT2D eigenvalue weighted by molar-refractivity contribution is -0.448. The summed E-state index contributed by atoms with van der Waals surface area (Å²) in [6.07, 6.45) is 0.628. The van der Waals surface area contributed by atoms with Crippen molar-refractivity contribution in [1.29, 1.82) is 0 Å². The second kappa shape index (κ2) is 9.79. The van der Waals surface area contributed by atoms with Gasteiger partial charge in [0.1, 0.15) is 0 Å². The summed E-state index contributed by atoms with van der Waals surface area (Å²) >= 11 is 0. The Hall–Kier alpha value is -0.200. The summed E-state index contributed by atoms with van der Waals surface area (Å²) in [5, 5.41) is 9.98. The zero-order valence-electron chi connectivity index (χ0n) is 11.4. The van der Waals surface area contributed by atoms with Gasteiger partial charge < -0.3 is 24.1 Å². The molecule has 1 atom stereocenters. The van der Waals surface area contributed by atoms with Crippen LogP contribution in [-0.4, -0.2) is 43.8 Å². The average Bonchev–Trinajstić information content (AvgIpc) is 2.30.